The number of halogens is 1. The molecular formula is C17H17ClN4O5. The third-order valence-corrected chi connectivity index (χ3v) is 4.09. The summed E-state index contributed by atoms with van der Waals surface area (Å²) in [6, 6.07) is 10.4. The molecule has 0 saturated carbocycles. The van der Waals surface area contributed by atoms with E-state index in [0.717, 1.165) is 4.90 Å². The molecule has 1 unspecified atom stereocenters. The van der Waals surface area contributed by atoms with E-state index in [4.69, 9.17) is 16.8 Å². The van der Waals surface area contributed by atoms with Crippen molar-refractivity contribution in [3.05, 3.63) is 69.2 Å². The number of nitrogens with one attached hydrogen (secondary N) is 2. The van der Waals surface area contributed by atoms with Gasteiger partial charge < -0.3 is 10.2 Å². The van der Waals surface area contributed by atoms with Gasteiger partial charge in [0.05, 0.1) is 11.5 Å². The molecule has 0 aliphatic carbocycles. The van der Waals surface area contributed by atoms with Crippen molar-refractivity contribution in [1.82, 2.24) is 10.4 Å². The molecule has 9 nitrogen and oxygen atoms in total. The Labute approximate surface area is 159 Å². The number of carbonyl (C=O) groups excluding carboxylic acids is 2. The van der Waals surface area contributed by atoms with Crippen LogP contribution in [0.15, 0.2) is 48.5 Å². The largest absolute Gasteiger partial charge is 0.322 e. The normalized spacial score (nSPS) is 11.4. The van der Waals surface area contributed by atoms with Gasteiger partial charge >= 0.3 is 6.03 Å². The molecule has 3 amide bonds. The number of urea groups is 1. The second-order valence-corrected chi connectivity index (χ2v) is 6.04. The van der Waals surface area contributed by atoms with Crippen LogP contribution in [0, 0.1) is 10.1 Å². The molecule has 0 aromatic heterocycles. The van der Waals surface area contributed by atoms with E-state index in [2.05, 4.69) is 5.32 Å². The first kappa shape index (κ1) is 20.1. The number of nitro groups is 1. The van der Waals surface area contributed by atoms with Gasteiger partial charge in [0, 0.05) is 22.3 Å². The number of hydroxylamine groups is 1. The van der Waals surface area contributed by atoms with Gasteiger partial charge in [-0.05, 0) is 31.2 Å². The van der Waals surface area contributed by atoms with Gasteiger partial charge in [-0.15, -0.1) is 0 Å². The number of para-hydroxylation sites is 1. The monoisotopic (exact) mass is 392 g/mol. The summed E-state index contributed by atoms with van der Waals surface area (Å²) in [5.74, 6) is -0.833. The minimum atomic E-state index is -1.10. The van der Waals surface area contributed by atoms with Gasteiger partial charge in [-0.3, -0.25) is 20.1 Å². The van der Waals surface area contributed by atoms with E-state index >= 15 is 0 Å². The molecule has 0 aliphatic rings. The molecule has 1 atom stereocenters. The zero-order chi connectivity index (χ0) is 20.0. The number of carbonyl (C=O) groups is 2. The average Bonchev–Trinajstić information content (AvgIpc) is 2.66. The lowest BCUT2D eigenvalue weighted by atomic mass is 10.1. The number of hydrogen-bond acceptors (Lipinski definition) is 5. The van der Waals surface area contributed by atoms with Crippen LogP contribution in [-0.4, -0.2) is 33.0 Å². The first-order chi connectivity index (χ1) is 12.8. The zero-order valence-electron chi connectivity index (χ0n) is 14.3. The summed E-state index contributed by atoms with van der Waals surface area (Å²) in [4.78, 5) is 36.2. The van der Waals surface area contributed by atoms with Crippen molar-refractivity contribution in [2.24, 2.45) is 0 Å². The maximum absolute atomic E-state index is 12.7. The number of nitro benzene ring substituents is 1. The molecule has 0 bridgehead atoms. The van der Waals surface area contributed by atoms with Crippen LogP contribution in [0.25, 0.3) is 0 Å². The molecule has 0 fully saturated rings. The lowest BCUT2D eigenvalue weighted by Crippen LogP contribution is -2.48. The van der Waals surface area contributed by atoms with E-state index in [1.54, 1.807) is 30.3 Å². The smallest absolute Gasteiger partial charge is 0.308 e. The lowest BCUT2D eigenvalue weighted by molar-refractivity contribution is -0.385. The fourth-order valence-corrected chi connectivity index (χ4v) is 2.48. The van der Waals surface area contributed by atoms with Gasteiger partial charge in [-0.2, -0.15) is 0 Å². The summed E-state index contributed by atoms with van der Waals surface area (Å²) in [7, 11) is 0. The maximum Gasteiger partial charge on any atom is 0.322 e. The van der Waals surface area contributed by atoms with Crippen molar-refractivity contribution in [3.63, 3.8) is 0 Å². The number of nitrogens with zero attached hydrogens (tertiary/aromatic N) is 2. The van der Waals surface area contributed by atoms with E-state index in [0.29, 0.717) is 10.7 Å². The van der Waals surface area contributed by atoms with Crippen molar-refractivity contribution in [2.75, 3.05) is 5.32 Å². The molecule has 0 radical (unpaired) electrons. The molecule has 142 valence electrons. The number of amides is 3. The van der Waals surface area contributed by atoms with Gasteiger partial charge in [0.1, 0.15) is 6.04 Å². The molecule has 10 heteroatoms. The standard InChI is InChI=1S/C17H17ClN4O5/c1-11(16(23)20-25)21(10-12-4-2-3-5-15(12)22(26)27)17(24)19-14-8-6-13(18)7-9-14/h2-9,11,25H,10H2,1H3,(H,19,24)(H,20,23). The fourth-order valence-electron chi connectivity index (χ4n) is 2.35. The number of benzene rings is 2. The molecule has 2 aromatic carbocycles. The first-order valence-electron chi connectivity index (χ1n) is 7.83. The SMILES string of the molecule is CC(C(=O)NO)N(Cc1ccccc1[N+](=O)[O-])C(=O)Nc1ccc(Cl)cc1. The molecule has 27 heavy (non-hydrogen) atoms. The van der Waals surface area contributed by atoms with Crippen molar-refractivity contribution in [2.45, 2.75) is 19.5 Å². The third-order valence-electron chi connectivity index (χ3n) is 3.84. The Hall–Kier alpha value is -3.17. The highest BCUT2D eigenvalue weighted by molar-refractivity contribution is 6.30. The third kappa shape index (κ3) is 5.16. The van der Waals surface area contributed by atoms with Crippen LogP contribution in [0.2, 0.25) is 5.02 Å². The van der Waals surface area contributed by atoms with E-state index in [1.165, 1.54) is 30.6 Å². The van der Waals surface area contributed by atoms with Crippen molar-refractivity contribution in [1.29, 1.82) is 0 Å². The topological polar surface area (TPSA) is 125 Å². The minimum absolute atomic E-state index is 0.182. The highest BCUT2D eigenvalue weighted by Gasteiger charge is 2.28. The molecule has 0 heterocycles. The minimum Gasteiger partial charge on any atom is -0.308 e. The van der Waals surface area contributed by atoms with Crippen LogP contribution >= 0.6 is 11.6 Å². The molecule has 0 saturated heterocycles. The van der Waals surface area contributed by atoms with Crippen LogP contribution in [0.4, 0.5) is 16.2 Å². The molecule has 3 N–H and O–H groups in total. The Bertz CT molecular complexity index is 843. The molecular weight excluding hydrogens is 376 g/mol. The van der Waals surface area contributed by atoms with Crippen molar-refractivity contribution in [3.8, 4) is 0 Å². The summed E-state index contributed by atoms with van der Waals surface area (Å²) < 4.78 is 0. The zero-order valence-corrected chi connectivity index (χ0v) is 15.0. The van der Waals surface area contributed by atoms with Crippen LogP contribution < -0.4 is 10.8 Å². The van der Waals surface area contributed by atoms with Crippen molar-refractivity contribution >= 4 is 34.9 Å². The van der Waals surface area contributed by atoms with Gasteiger partial charge in [0.15, 0.2) is 0 Å². The van der Waals surface area contributed by atoms with Crippen molar-refractivity contribution < 1.29 is 19.7 Å². The molecule has 2 aromatic rings. The predicted molar refractivity (Wildman–Crippen MR) is 98.5 cm³/mol. The summed E-state index contributed by atoms with van der Waals surface area (Å²) in [6.45, 7) is 1.17. The summed E-state index contributed by atoms with van der Waals surface area (Å²) in [5.41, 5.74) is 1.97. The van der Waals surface area contributed by atoms with Crippen LogP contribution in [0.3, 0.4) is 0 Å². The highest BCUT2D eigenvalue weighted by Crippen LogP contribution is 2.22. The second-order valence-electron chi connectivity index (χ2n) is 5.60. The number of rotatable bonds is 6. The van der Waals surface area contributed by atoms with E-state index in [1.807, 2.05) is 0 Å². The first-order valence-corrected chi connectivity index (χ1v) is 8.20. The second kappa shape index (κ2) is 8.97. The quantitative estimate of drug-likeness (QED) is 0.395. The summed E-state index contributed by atoms with van der Waals surface area (Å²) in [6.07, 6.45) is 0. The fraction of sp³-hybridized carbons (Fsp3) is 0.176. The number of anilines is 1. The number of hydrogen-bond donors (Lipinski definition) is 3. The van der Waals surface area contributed by atoms with Gasteiger partial charge in [-0.25, -0.2) is 10.3 Å². The van der Waals surface area contributed by atoms with Gasteiger partial charge in [0.2, 0.25) is 0 Å². The molecule has 2 rings (SSSR count). The van der Waals surface area contributed by atoms with Crippen LogP contribution in [0.5, 0.6) is 0 Å². The average molecular weight is 393 g/mol. The maximum atomic E-state index is 12.7. The summed E-state index contributed by atoms with van der Waals surface area (Å²) in [5, 5.41) is 23.2. The summed E-state index contributed by atoms with van der Waals surface area (Å²) >= 11 is 5.81. The Morgan fingerprint density at radius 3 is 2.44 bits per heavy atom. The van der Waals surface area contributed by atoms with E-state index in [-0.39, 0.29) is 17.8 Å². The Morgan fingerprint density at radius 2 is 1.85 bits per heavy atom. The van der Waals surface area contributed by atoms with Gasteiger partial charge in [0.25, 0.3) is 11.6 Å². The van der Waals surface area contributed by atoms with Gasteiger partial charge in [-0.1, -0.05) is 29.8 Å². The van der Waals surface area contributed by atoms with Crippen LogP contribution in [0.1, 0.15) is 12.5 Å². The Balaban J connectivity index is 2.31. The van der Waals surface area contributed by atoms with E-state index < -0.39 is 22.9 Å². The van der Waals surface area contributed by atoms with Crippen LogP contribution in [-0.2, 0) is 11.3 Å². The molecule has 0 spiro atoms. The van der Waals surface area contributed by atoms with E-state index in [9.17, 15) is 19.7 Å². The predicted octanol–water partition coefficient (Wildman–Crippen LogP) is 3.18. The lowest BCUT2D eigenvalue weighted by Gasteiger charge is -2.28. The highest BCUT2D eigenvalue weighted by atomic mass is 35.5. The Morgan fingerprint density at radius 1 is 1.22 bits per heavy atom. The molecule has 0 aliphatic heterocycles. The Kier molecular flexibility index (Phi) is 6.69.